The molecule has 4 rings (SSSR count). The van der Waals surface area contributed by atoms with Gasteiger partial charge in [-0.2, -0.15) is 0 Å². The minimum atomic E-state index is 0.00284. The van der Waals surface area contributed by atoms with Crippen molar-refractivity contribution >= 4 is 33.8 Å². The van der Waals surface area contributed by atoms with Gasteiger partial charge in [0, 0.05) is 48.6 Å². The number of nitrogens with zero attached hydrogens (tertiary/aromatic N) is 2. The maximum Gasteiger partial charge on any atom is 0.221 e. The number of anilines is 1. The minimum absolute atomic E-state index is 0.00284. The van der Waals surface area contributed by atoms with Crippen molar-refractivity contribution in [2.75, 3.05) is 38.5 Å². The lowest BCUT2D eigenvalue weighted by Gasteiger charge is -2.39. The summed E-state index contributed by atoms with van der Waals surface area (Å²) in [5.74, 6) is 0.00284. The Morgan fingerprint density at radius 2 is 1.93 bits per heavy atom. The summed E-state index contributed by atoms with van der Waals surface area (Å²) < 4.78 is 0. The fourth-order valence-corrected chi connectivity index (χ4v) is 6.02. The SMILES string of the molecule is CC(=O)Nc1sc2c(c1C(c1cccc(Cl)c1)N1CCN(C)CC1)CCCC2. The molecule has 1 saturated heterocycles. The molecule has 1 atom stereocenters. The Kier molecular flexibility index (Phi) is 6.07. The largest absolute Gasteiger partial charge is 0.318 e. The van der Waals surface area contributed by atoms with Gasteiger partial charge in [-0.15, -0.1) is 11.3 Å². The van der Waals surface area contributed by atoms with Crippen LogP contribution in [0.25, 0.3) is 0 Å². The van der Waals surface area contributed by atoms with E-state index in [1.165, 1.54) is 34.4 Å². The van der Waals surface area contributed by atoms with Crippen molar-refractivity contribution in [1.82, 2.24) is 9.80 Å². The molecule has 150 valence electrons. The molecule has 0 spiro atoms. The zero-order chi connectivity index (χ0) is 19.7. The van der Waals surface area contributed by atoms with Crippen molar-refractivity contribution in [3.63, 3.8) is 0 Å². The van der Waals surface area contributed by atoms with Gasteiger partial charge in [0.25, 0.3) is 0 Å². The molecule has 0 saturated carbocycles. The van der Waals surface area contributed by atoms with E-state index in [9.17, 15) is 4.79 Å². The highest BCUT2D eigenvalue weighted by atomic mass is 35.5. The van der Waals surface area contributed by atoms with Gasteiger partial charge >= 0.3 is 0 Å². The lowest BCUT2D eigenvalue weighted by Crippen LogP contribution is -2.46. The molecule has 0 radical (unpaired) electrons. The summed E-state index contributed by atoms with van der Waals surface area (Å²) in [5, 5.41) is 4.95. The van der Waals surface area contributed by atoms with E-state index in [2.05, 4.69) is 34.3 Å². The predicted molar refractivity (Wildman–Crippen MR) is 118 cm³/mol. The van der Waals surface area contributed by atoms with E-state index in [0.717, 1.165) is 49.0 Å². The van der Waals surface area contributed by atoms with E-state index in [4.69, 9.17) is 11.6 Å². The van der Waals surface area contributed by atoms with Crippen LogP contribution in [0.4, 0.5) is 5.00 Å². The molecular weight excluding hydrogens is 390 g/mol. The second-order valence-corrected chi connectivity index (χ2v) is 9.47. The first-order valence-corrected chi connectivity index (χ1v) is 11.3. The van der Waals surface area contributed by atoms with Crippen LogP contribution >= 0.6 is 22.9 Å². The van der Waals surface area contributed by atoms with Gasteiger partial charge in [0.2, 0.25) is 5.91 Å². The fraction of sp³-hybridized carbons (Fsp3) is 0.500. The summed E-state index contributed by atoms with van der Waals surface area (Å²) in [5.41, 5.74) is 3.99. The van der Waals surface area contributed by atoms with Gasteiger partial charge in [-0.25, -0.2) is 0 Å². The van der Waals surface area contributed by atoms with E-state index >= 15 is 0 Å². The highest BCUT2D eigenvalue weighted by Crippen LogP contribution is 2.45. The zero-order valence-electron chi connectivity index (χ0n) is 16.6. The topological polar surface area (TPSA) is 35.6 Å². The highest BCUT2D eigenvalue weighted by molar-refractivity contribution is 7.16. The molecule has 1 aromatic heterocycles. The number of amides is 1. The second kappa shape index (κ2) is 8.54. The summed E-state index contributed by atoms with van der Waals surface area (Å²) >= 11 is 8.17. The predicted octanol–water partition coefficient (Wildman–Crippen LogP) is 4.58. The summed E-state index contributed by atoms with van der Waals surface area (Å²) in [6, 6.07) is 8.38. The second-order valence-electron chi connectivity index (χ2n) is 7.93. The van der Waals surface area contributed by atoms with Gasteiger partial charge in [0.15, 0.2) is 0 Å². The van der Waals surface area contributed by atoms with Crippen molar-refractivity contribution in [2.45, 2.75) is 38.6 Å². The number of nitrogens with one attached hydrogen (secondary N) is 1. The normalized spacial score (nSPS) is 19.2. The number of carbonyl (C=O) groups is 1. The number of hydrogen-bond acceptors (Lipinski definition) is 4. The van der Waals surface area contributed by atoms with Gasteiger partial charge in [-0.3, -0.25) is 9.69 Å². The van der Waals surface area contributed by atoms with Gasteiger partial charge in [0.1, 0.15) is 5.00 Å². The van der Waals surface area contributed by atoms with Crippen LogP contribution in [0.15, 0.2) is 24.3 Å². The quantitative estimate of drug-likeness (QED) is 0.791. The number of fused-ring (bicyclic) bond motifs is 1. The fourth-order valence-electron chi connectivity index (χ4n) is 4.45. The van der Waals surface area contributed by atoms with E-state index < -0.39 is 0 Å². The van der Waals surface area contributed by atoms with Crippen molar-refractivity contribution in [3.05, 3.63) is 50.9 Å². The molecule has 0 bridgehead atoms. The number of aryl methyl sites for hydroxylation is 1. The number of benzene rings is 1. The van der Waals surface area contributed by atoms with E-state index in [-0.39, 0.29) is 11.9 Å². The summed E-state index contributed by atoms with van der Waals surface area (Å²) in [6.07, 6.45) is 4.69. The smallest absolute Gasteiger partial charge is 0.221 e. The third kappa shape index (κ3) is 4.13. The van der Waals surface area contributed by atoms with Crippen LogP contribution in [0.5, 0.6) is 0 Å². The Labute approximate surface area is 176 Å². The first-order chi connectivity index (χ1) is 13.5. The molecule has 2 aliphatic rings. The van der Waals surface area contributed by atoms with Crippen LogP contribution in [0.1, 0.15) is 47.4 Å². The van der Waals surface area contributed by atoms with Crippen LogP contribution in [0.2, 0.25) is 5.02 Å². The van der Waals surface area contributed by atoms with Crippen molar-refractivity contribution in [1.29, 1.82) is 0 Å². The van der Waals surface area contributed by atoms with Gasteiger partial charge in [0.05, 0.1) is 6.04 Å². The average Bonchev–Trinajstić information content (AvgIpc) is 3.01. The third-order valence-corrected chi connectivity index (χ3v) is 7.30. The first kappa shape index (κ1) is 19.9. The first-order valence-electron chi connectivity index (χ1n) is 10.1. The Bertz CT molecular complexity index is 857. The Balaban J connectivity index is 1.84. The van der Waals surface area contributed by atoms with Crippen LogP contribution < -0.4 is 5.32 Å². The highest BCUT2D eigenvalue weighted by Gasteiger charge is 2.33. The average molecular weight is 418 g/mol. The number of carbonyl (C=O) groups excluding carboxylic acids is 1. The van der Waals surface area contributed by atoms with E-state index in [1.807, 2.05) is 12.1 Å². The van der Waals surface area contributed by atoms with Crippen molar-refractivity contribution in [3.8, 4) is 0 Å². The number of thiophene rings is 1. The molecule has 1 unspecified atom stereocenters. The minimum Gasteiger partial charge on any atom is -0.318 e. The van der Waals surface area contributed by atoms with E-state index in [1.54, 1.807) is 18.3 Å². The molecule has 1 aromatic carbocycles. The maximum absolute atomic E-state index is 12.0. The van der Waals surface area contributed by atoms with Crippen LogP contribution in [-0.4, -0.2) is 48.9 Å². The molecule has 28 heavy (non-hydrogen) atoms. The van der Waals surface area contributed by atoms with Gasteiger partial charge in [-0.1, -0.05) is 23.7 Å². The zero-order valence-corrected chi connectivity index (χ0v) is 18.2. The molecule has 2 heterocycles. The van der Waals surface area contributed by atoms with Crippen LogP contribution in [-0.2, 0) is 17.6 Å². The molecule has 2 aromatic rings. The van der Waals surface area contributed by atoms with Gasteiger partial charge in [-0.05, 0) is 56.0 Å². The van der Waals surface area contributed by atoms with E-state index in [0.29, 0.717) is 0 Å². The Morgan fingerprint density at radius 1 is 1.18 bits per heavy atom. The number of piperazine rings is 1. The van der Waals surface area contributed by atoms with Crippen molar-refractivity contribution < 1.29 is 4.79 Å². The molecule has 1 aliphatic heterocycles. The molecule has 1 fully saturated rings. The molecule has 4 nitrogen and oxygen atoms in total. The summed E-state index contributed by atoms with van der Waals surface area (Å²) in [6.45, 7) is 5.74. The monoisotopic (exact) mass is 417 g/mol. The maximum atomic E-state index is 12.0. The van der Waals surface area contributed by atoms with Crippen molar-refractivity contribution in [2.24, 2.45) is 0 Å². The third-order valence-electron chi connectivity index (χ3n) is 5.84. The number of rotatable bonds is 4. The number of hydrogen-bond donors (Lipinski definition) is 1. The Morgan fingerprint density at radius 3 is 2.64 bits per heavy atom. The summed E-state index contributed by atoms with van der Waals surface area (Å²) in [7, 11) is 2.18. The molecular formula is C22H28ClN3OS. The van der Waals surface area contributed by atoms with Gasteiger partial charge < -0.3 is 10.2 Å². The molecule has 1 N–H and O–H groups in total. The number of halogens is 1. The van der Waals surface area contributed by atoms with Crippen LogP contribution in [0, 0.1) is 0 Å². The standard InChI is InChI=1S/C22H28ClN3OS/c1-15(27)24-22-20(18-8-3-4-9-19(18)28-22)21(16-6-5-7-17(23)14-16)26-12-10-25(2)11-13-26/h5-7,14,21H,3-4,8-13H2,1-2H3,(H,24,27). The molecule has 1 aliphatic carbocycles. The lowest BCUT2D eigenvalue weighted by atomic mass is 9.88. The number of likely N-dealkylation sites (N-methyl/N-ethyl adjacent to an activating group) is 1. The Hall–Kier alpha value is -1.40. The summed E-state index contributed by atoms with van der Waals surface area (Å²) in [4.78, 5) is 18.4. The lowest BCUT2D eigenvalue weighted by molar-refractivity contribution is -0.114. The molecule has 1 amide bonds. The molecule has 6 heteroatoms. The van der Waals surface area contributed by atoms with Crippen LogP contribution in [0.3, 0.4) is 0 Å².